The van der Waals surface area contributed by atoms with Crippen LogP contribution in [0.4, 0.5) is 5.69 Å². The largest absolute Gasteiger partial charge is 0.399 e. The van der Waals surface area contributed by atoms with Gasteiger partial charge in [-0.2, -0.15) is 0 Å². The first-order chi connectivity index (χ1) is 8.15. The fraction of sp³-hybridized carbons (Fsp3) is 0.231. The van der Waals surface area contributed by atoms with Gasteiger partial charge in [0.2, 0.25) is 0 Å². The standard InChI is InChI=1S/C13H15N3S/c1-9-7-8-15-13(16-9)17-10(2)11-3-5-12(14)6-4-11/h3-8,10H,14H2,1-2H3. The van der Waals surface area contributed by atoms with Gasteiger partial charge in [-0.15, -0.1) is 0 Å². The van der Waals surface area contributed by atoms with Crippen LogP contribution in [0, 0.1) is 6.92 Å². The highest BCUT2D eigenvalue weighted by Gasteiger charge is 2.09. The molecule has 1 aromatic heterocycles. The minimum atomic E-state index is 0.317. The van der Waals surface area contributed by atoms with Crippen molar-refractivity contribution in [3.8, 4) is 0 Å². The summed E-state index contributed by atoms with van der Waals surface area (Å²) < 4.78 is 0. The Morgan fingerprint density at radius 1 is 1.18 bits per heavy atom. The van der Waals surface area contributed by atoms with Gasteiger partial charge in [0.15, 0.2) is 5.16 Å². The third-order valence-electron chi connectivity index (χ3n) is 2.46. The smallest absolute Gasteiger partial charge is 0.188 e. The van der Waals surface area contributed by atoms with E-state index in [2.05, 4.69) is 16.9 Å². The summed E-state index contributed by atoms with van der Waals surface area (Å²) in [6, 6.07) is 9.83. The van der Waals surface area contributed by atoms with Crippen molar-refractivity contribution in [1.82, 2.24) is 9.97 Å². The van der Waals surface area contributed by atoms with Crippen molar-refractivity contribution < 1.29 is 0 Å². The van der Waals surface area contributed by atoms with E-state index in [0.29, 0.717) is 5.25 Å². The predicted octanol–water partition coefficient (Wildman–Crippen LogP) is 3.22. The lowest BCUT2D eigenvalue weighted by Gasteiger charge is -2.10. The molecule has 2 aromatic rings. The van der Waals surface area contributed by atoms with Gasteiger partial charge in [0, 0.05) is 22.8 Å². The van der Waals surface area contributed by atoms with Crippen LogP contribution in [0.1, 0.15) is 23.4 Å². The molecule has 0 fully saturated rings. The topological polar surface area (TPSA) is 51.8 Å². The Kier molecular flexibility index (Phi) is 3.64. The molecule has 0 saturated carbocycles. The van der Waals surface area contributed by atoms with Gasteiger partial charge < -0.3 is 5.73 Å². The number of hydrogen-bond acceptors (Lipinski definition) is 4. The first-order valence-corrected chi connectivity index (χ1v) is 6.35. The summed E-state index contributed by atoms with van der Waals surface area (Å²) in [5.74, 6) is 0. The van der Waals surface area contributed by atoms with Crippen molar-refractivity contribution in [2.75, 3.05) is 5.73 Å². The third-order valence-corrected chi connectivity index (χ3v) is 3.49. The maximum atomic E-state index is 5.67. The fourth-order valence-electron chi connectivity index (χ4n) is 1.48. The zero-order chi connectivity index (χ0) is 12.3. The molecule has 1 aromatic carbocycles. The van der Waals surface area contributed by atoms with Crippen LogP contribution in [0.3, 0.4) is 0 Å². The monoisotopic (exact) mass is 245 g/mol. The summed E-state index contributed by atoms with van der Waals surface area (Å²) in [4.78, 5) is 8.63. The molecular formula is C13H15N3S. The van der Waals surface area contributed by atoms with Gasteiger partial charge in [-0.25, -0.2) is 9.97 Å². The van der Waals surface area contributed by atoms with E-state index in [1.54, 1.807) is 18.0 Å². The van der Waals surface area contributed by atoms with E-state index >= 15 is 0 Å². The van der Waals surface area contributed by atoms with Gasteiger partial charge in [-0.05, 0) is 37.6 Å². The van der Waals surface area contributed by atoms with Gasteiger partial charge >= 0.3 is 0 Å². The number of nitrogens with two attached hydrogens (primary N) is 1. The van der Waals surface area contributed by atoms with E-state index in [4.69, 9.17) is 5.73 Å². The normalized spacial score (nSPS) is 12.4. The summed E-state index contributed by atoms with van der Waals surface area (Å²) in [6.07, 6.45) is 1.79. The third kappa shape index (κ3) is 3.20. The van der Waals surface area contributed by atoms with E-state index in [1.165, 1.54) is 5.56 Å². The van der Waals surface area contributed by atoms with Crippen LogP contribution in [0.2, 0.25) is 0 Å². The molecule has 0 aliphatic carbocycles. The second kappa shape index (κ2) is 5.19. The van der Waals surface area contributed by atoms with Crippen molar-refractivity contribution in [2.45, 2.75) is 24.3 Å². The molecule has 3 nitrogen and oxygen atoms in total. The summed E-state index contributed by atoms with van der Waals surface area (Å²) in [5, 5.41) is 1.13. The second-order valence-corrected chi connectivity index (χ2v) is 5.22. The van der Waals surface area contributed by atoms with Gasteiger partial charge in [-0.1, -0.05) is 23.9 Å². The second-order valence-electron chi connectivity index (χ2n) is 3.91. The predicted molar refractivity (Wildman–Crippen MR) is 71.9 cm³/mol. The van der Waals surface area contributed by atoms with Crippen molar-refractivity contribution in [3.63, 3.8) is 0 Å². The minimum absolute atomic E-state index is 0.317. The first-order valence-electron chi connectivity index (χ1n) is 5.47. The molecule has 0 amide bonds. The van der Waals surface area contributed by atoms with Crippen LogP contribution < -0.4 is 5.73 Å². The van der Waals surface area contributed by atoms with Crippen LogP contribution in [0.25, 0.3) is 0 Å². The molecule has 1 heterocycles. The first kappa shape index (κ1) is 11.9. The number of anilines is 1. The minimum Gasteiger partial charge on any atom is -0.399 e. The molecule has 0 saturated heterocycles. The molecule has 2 rings (SSSR count). The highest BCUT2D eigenvalue weighted by molar-refractivity contribution is 7.99. The average molecular weight is 245 g/mol. The number of aryl methyl sites for hydroxylation is 1. The van der Waals surface area contributed by atoms with Gasteiger partial charge in [-0.3, -0.25) is 0 Å². The van der Waals surface area contributed by atoms with E-state index < -0.39 is 0 Å². The van der Waals surface area contributed by atoms with E-state index in [9.17, 15) is 0 Å². The highest BCUT2D eigenvalue weighted by Crippen LogP contribution is 2.32. The average Bonchev–Trinajstić information content (AvgIpc) is 2.29. The number of benzene rings is 1. The highest BCUT2D eigenvalue weighted by atomic mass is 32.2. The number of hydrogen-bond donors (Lipinski definition) is 1. The summed E-state index contributed by atoms with van der Waals surface area (Å²) >= 11 is 1.65. The Morgan fingerprint density at radius 3 is 2.53 bits per heavy atom. The van der Waals surface area contributed by atoms with E-state index in [-0.39, 0.29) is 0 Å². The van der Waals surface area contributed by atoms with Crippen molar-refractivity contribution in [3.05, 3.63) is 47.8 Å². The molecule has 4 heteroatoms. The van der Waals surface area contributed by atoms with Crippen molar-refractivity contribution in [1.29, 1.82) is 0 Å². The molecule has 0 radical (unpaired) electrons. The maximum Gasteiger partial charge on any atom is 0.188 e. The van der Waals surface area contributed by atoms with Crippen molar-refractivity contribution >= 4 is 17.4 Å². The van der Waals surface area contributed by atoms with E-state index in [1.807, 2.05) is 37.3 Å². The number of nitrogens with zero attached hydrogens (tertiary/aromatic N) is 2. The molecule has 17 heavy (non-hydrogen) atoms. The molecular weight excluding hydrogens is 230 g/mol. The van der Waals surface area contributed by atoms with Gasteiger partial charge in [0.1, 0.15) is 0 Å². The van der Waals surface area contributed by atoms with Crippen LogP contribution in [-0.2, 0) is 0 Å². The molecule has 0 spiro atoms. The number of rotatable bonds is 3. The molecule has 0 bridgehead atoms. The Morgan fingerprint density at radius 2 is 1.88 bits per heavy atom. The van der Waals surface area contributed by atoms with Crippen LogP contribution in [0.15, 0.2) is 41.7 Å². The molecule has 2 N–H and O–H groups in total. The zero-order valence-electron chi connectivity index (χ0n) is 9.92. The van der Waals surface area contributed by atoms with Gasteiger partial charge in [0.05, 0.1) is 0 Å². The maximum absolute atomic E-state index is 5.67. The van der Waals surface area contributed by atoms with Crippen LogP contribution in [-0.4, -0.2) is 9.97 Å². The van der Waals surface area contributed by atoms with Crippen LogP contribution in [0.5, 0.6) is 0 Å². The summed E-state index contributed by atoms with van der Waals surface area (Å²) in [7, 11) is 0. The molecule has 0 aliphatic rings. The van der Waals surface area contributed by atoms with Crippen LogP contribution >= 0.6 is 11.8 Å². The molecule has 88 valence electrons. The lowest BCUT2D eigenvalue weighted by Crippen LogP contribution is -1.94. The van der Waals surface area contributed by atoms with E-state index in [0.717, 1.165) is 16.5 Å². The van der Waals surface area contributed by atoms with Gasteiger partial charge in [0.25, 0.3) is 0 Å². The Hall–Kier alpha value is -1.55. The quantitative estimate of drug-likeness (QED) is 0.512. The Bertz CT molecular complexity index is 496. The zero-order valence-corrected chi connectivity index (χ0v) is 10.7. The lowest BCUT2D eigenvalue weighted by atomic mass is 10.1. The molecule has 0 aliphatic heterocycles. The Balaban J connectivity index is 2.11. The lowest BCUT2D eigenvalue weighted by molar-refractivity contribution is 0.922. The SMILES string of the molecule is Cc1ccnc(SC(C)c2ccc(N)cc2)n1. The van der Waals surface area contributed by atoms with Crippen molar-refractivity contribution in [2.24, 2.45) is 0 Å². The number of thioether (sulfide) groups is 1. The summed E-state index contributed by atoms with van der Waals surface area (Å²) in [5.41, 5.74) is 8.68. The Labute approximate surface area is 105 Å². The summed E-state index contributed by atoms with van der Waals surface area (Å²) in [6.45, 7) is 4.11. The number of aromatic nitrogens is 2. The molecule has 1 unspecified atom stereocenters. The fourth-order valence-corrected chi connectivity index (χ4v) is 2.40. The molecule has 1 atom stereocenters. The number of nitrogen functional groups attached to an aromatic ring is 1.